The number of hydrogen-bond acceptors (Lipinski definition) is 3. The number of hydrogen-bond donors (Lipinski definition) is 3. The fourth-order valence-corrected chi connectivity index (χ4v) is 1.53. The molecule has 0 aliphatic heterocycles. The monoisotopic (exact) mass is 240 g/mol. The van der Waals surface area contributed by atoms with Crippen molar-refractivity contribution in [1.29, 1.82) is 0 Å². The fourth-order valence-electron chi connectivity index (χ4n) is 1.38. The number of amides is 1. The highest BCUT2D eigenvalue weighted by molar-refractivity contribution is 7.80. The summed E-state index contributed by atoms with van der Waals surface area (Å²) in [5.74, 6) is 0.386. The minimum Gasteiger partial charge on any atom is -0.389 e. The summed E-state index contributed by atoms with van der Waals surface area (Å²) < 4.78 is 0. The first-order valence-corrected chi connectivity index (χ1v) is 5.61. The van der Waals surface area contributed by atoms with E-state index in [9.17, 15) is 4.79 Å². The third-order valence-electron chi connectivity index (χ3n) is 2.32. The van der Waals surface area contributed by atoms with Crippen molar-refractivity contribution in [3.05, 3.63) is 11.8 Å². The van der Waals surface area contributed by atoms with Crippen LogP contribution in [0.25, 0.3) is 0 Å². The second-order valence-corrected chi connectivity index (χ2v) is 4.14. The van der Waals surface area contributed by atoms with Crippen LogP contribution in [0.2, 0.25) is 0 Å². The number of thiocarbonyl (C=S) groups is 1. The number of rotatable bonds is 5. The minimum absolute atomic E-state index is 0.0347. The zero-order valence-corrected chi connectivity index (χ0v) is 10.2. The third-order valence-corrected chi connectivity index (χ3v) is 2.54. The molecule has 0 saturated heterocycles. The summed E-state index contributed by atoms with van der Waals surface area (Å²) in [6.07, 6.45) is 3.32. The Morgan fingerprint density at radius 1 is 1.75 bits per heavy atom. The zero-order chi connectivity index (χ0) is 12.1. The van der Waals surface area contributed by atoms with Gasteiger partial charge in [-0.15, -0.1) is 0 Å². The first kappa shape index (κ1) is 12.6. The van der Waals surface area contributed by atoms with Crippen LogP contribution in [0, 0.1) is 5.92 Å². The van der Waals surface area contributed by atoms with E-state index in [1.54, 1.807) is 0 Å². The number of nitrogens with two attached hydrogens (primary N) is 1. The van der Waals surface area contributed by atoms with Gasteiger partial charge in [-0.25, -0.2) is 0 Å². The quantitative estimate of drug-likeness (QED) is 0.680. The molecule has 0 radical (unpaired) electrons. The van der Waals surface area contributed by atoms with Crippen LogP contribution in [-0.2, 0) is 4.79 Å². The molecule has 4 N–H and O–H groups in total. The molecule has 1 aromatic rings. The van der Waals surface area contributed by atoms with Crippen LogP contribution in [0.1, 0.15) is 32.3 Å². The summed E-state index contributed by atoms with van der Waals surface area (Å²) in [5, 5.41) is 9.19. The first-order chi connectivity index (χ1) is 7.56. The van der Waals surface area contributed by atoms with Gasteiger partial charge in [-0.2, -0.15) is 5.10 Å². The Balaban J connectivity index is 2.69. The maximum atomic E-state index is 11.7. The topological polar surface area (TPSA) is 83.8 Å². The summed E-state index contributed by atoms with van der Waals surface area (Å²) >= 11 is 4.84. The van der Waals surface area contributed by atoms with Gasteiger partial charge in [-0.3, -0.25) is 9.89 Å². The standard InChI is InChI=1S/C10H16N4OS/c1-3-4-6(2)10(15)13-9-7(8(11)16)5-12-14-9/h5-6H,3-4H2,1-2H3,(H2,11,16)(H2,12,13,14,15). The van der Waals surface area contributed by atoms with Crippen molar-refractivity contribution in [2.75, 3.05) is 5.32 Å². The molecule has 0 spiro atoms. The van der Waals surface area contributed by atoms with Crippen LogP contribution in [-0.4, -0.2) is 21.1 Å². The summed E-state index contributed by atoms with van der Waals surface area (Å²) in [7, 11) is 0. The molecule has 1 rings (SSSR count). The van der Waals surface area contributed by atoms with Crippen molar-refractivity contribution in [3.8, 4) is 0 Å². The lowest BCUT2D eigenvalue weighted by atomic mass is 10.1. The van der Waals surface area contributed by atoms with Crippen LogP contribution in [0.4, 0.5) is 5.82 Å². The molecular formula is C10H16N4OS. The largest absolute Gasteiger partial charge is 0.389 e. The Labute approximate surface area is 99.8 Å². The Morgan fingerprint density at radius 3 is 3.00 bits per heavy atom. The summed E-state index contributed by atoms with van der Waals surface area (Å²) in [4.78, 5) is 11.9. The van der Waals surface area contributed by atoms with Crippen molar-refractivity contribution in [2.24, 2.45) is 11.7 Å². The molecule has 5 nitrogen and oxygen atoms in total. The van der Waals surface area contributed by atoms with Gasteiger partial charge in [0.05, 0.1) is 11.8 Å². The predicted octanol–water partition coefficient (Wildman–Crippen LogP) is 1.42. The normalized spacial score (nSPS) is 12.1. The van der Waals surface area contributed by atoms with Crippen LogP contribution in [0.3, 0.4) is 0 Å². The van der Waals surface area contributed by atoms with Crippen molar-refractivity contribution in [1.82, 2.24) is 10.2 Å². The lowest BCUT2D eigenvalue weighted by Crippen LogP contribution is -2.22. The van der Waals surface area contributed by atoms with E-state index in [1.807, 2.05) is 13.8 Å². The predicted molar refractivity (Wildman–Crippen MR) is 67.2 cm³/mol. The number of aromatic nitrogens is 2. The van der Waals surface area contributed by atoms with E-state index in [0.717, 1.165) is 12.8 Å². The van der Waals surface area contributed by atoms with Gasteiger partial charge in [0, 0.05) is 5.92 Å². The number of nitrogens with zero attached hydrogens (tertiary/aromatic N) is 1. The van der Waals surface area contributed by atoms with E-state index in [2.05, 4.69) is 15.5 Å². The molecule has 0 aromatic carbocycles. The fraction of sp³-hybridized carbons (Fsp3) is 0.500. The molecule has 6 heteroatoms. The van der Waals surface area contributed by atoms with Crippen molar-refractivity contribution in [2.45, 2.75) is 26.7 Å². The number of anilines is 1. The molecule has 0 aliphatic carbocycles. The number of H-pyrrole nitrogens is 1. The molecule has 88 valence electrons. The molecule has 1 heterocycles. The Morgan fingerprint density at radius 2 is 2.44 bits per heavy atom. The van der Waals surface area contributed by atoms with Crippen LogP contribution in [0.5, 0.6) is 0 Å². The molecule has 1 atom stereocenters. The van der Waals surface area contributed by atoms with Gasteiger partial charge in [0.15, 0.2) is 0 Å². The lowest BCUT2D eigenvalue weighted by Gasteiger charge is -2.10. The van der Waals surface area contributed by atoms with Gasteiger partial charge < -0.3 is 11.1 Å². The Bertz CT molecular complexity index is 388. The van der Waals surface area contributed by atoms with E-state index < -0.39 is 0 Å². The lowest BCUT2D eigenvalue weighted by molar-refractivity contribution is -0.119. The summed E-state index contributed by atoms with van der Waals surface area (Å²) in [6, 6.07) is 0. The van der Waals surface area contributed by atoms with Gasteiger partial charge in [0.2, 0.25) is 5.91 Å². The maximum absolute atomic E-state index is 11.7. The van der Waals surface area contributed by atoms with E-state index in [0.29, 0.717) is 11.4 Å². The van der Waals surface area contributed by atoms with Gasteiger partial charge in [-0.05, 0) is 6.42 Å². The molecule has 0 bridgehead atoms. The third kappa shape index (κ3) is 3.03. The van der Waals surface area contributed by atoms with Crippen molar-refractivity contribution < 1.29 is 4.79 Å². The number of carbonyl (C=O) groups excluding carboxylic acids is 1. The average Bonchev–Trinajstić information content (AvgIpc) is 2.66. The number of aromatic amines is 1. The minimum atomic E-state index is -0.0522. The van der Waals surface area contributed by atoms with Crippen molar-refractivity contribution in [3.63, 3.8) is 0 Å². The highest BCUT2D eigenvalue weighted by atomic mass is 32.1. The van der Waals surface area contributed by atoms with Gasteiger partial charge in [0.1, 0.15) is 10.8 Å². The Hall–Kier alpha value is -1.43. The van der Waals surface area contributed by atoms with Gasteiger partial charge in [-0.1, -0.05) is 32.5 Å². The zero-order valence-electron chi connectivity index (χ0n) is 9.41. The molecule has 1 amide bonds. The average molecular weight is 240 g/mol. The SMILES string of the molecule is CCCC(C)C(=O)Nc1[nH]ncc1C(N)=S. The summed E-state index contributed by atoms with van der Waals surface area (Å²) in [5.41, 5.74) is 6.05. The van der Waals surface area contributed by atoms with Gasteiger partial charge >= 0.3 is 0 Å². The second kappa shape index (κ2) is 5.60. The highest BCUT2D eigenvalue weighted by Gasteiger charge is 2.15. The van der Waals surface area contributed by atoms with E-state index >= 15 is 0 Å². The molecule has 1 aromatic heterocycles. The van der Waals surface area contributed by atoms with E-state index in [1.165, 1.54) is 6.20 Å². The number of nitrogens with one attached hydrogen (secondary N) is 2. The molecule has 0 fully saturated rings. The van der Waals surface area contributed by atoms with Crippen LogP contribution >= 0.6 is 12.2 Å². The van der Waals surface area contributed by atoms with Gasteiger partial charge in [0.25, 0.3) is 0 Å². The second-order valence-electron chi connectivity index (χ2n) is 3.70. The van der Waals surface area contributed by atoms with E-state index in [4.69, 9.17) is 18.0 Å². The number of carbonyl (C=O) groups is 1. The van der Waals surface area contributed by atoms with Crippen LogP contribution < -0.4 is 11.1 Å². The molecule has 16 heavy (non-hydrogen) atoms. The Kier molecular flexibility index (Phi) is 4.42. The molecule has 0 saturated carbocycles. The maximum Gasteiger partial charge on any atom is 0.228 e. The summed E-state index contributed by atoms with van der Waals surface area (Å²) in [6.45, 7) is 3.93. The molecular weight excluding hydrogens is 224 g/mol. The molecule has 1 unspecified atom stereocenters. The van der Waals surface area contributed by atoms with Crippen LogP contribution in [0.15, 0.2) is 6.20 Å². The van der Waals surface area contributed by atoms with E-state index in [-0.39, 0.29) is 16.8 Å². The highest BCUT2D eigenvalue weighted by Crippen LogP contribution is 2.13. The first-order valence-electron chi connectivity index (χ1n) is 5.20. The molecule has 0 aliphatic rings. The van der Waals surface area contributed by atoms with Crippen molar-refractivity contribution >= 4 is 28.9 Å². The smallest absolute Gasteiger partial charge is 0.228 e.